The number of aldehydes is 1. The van der Waals surface area contributed by atoms with Crippen LogP contribution in [0.15, 0.2) is 24.3 Å². The Kier molecular flexibility index (Phi) is 8.31. The fourth-order valence-electron chi connectivity index (χ4n) is 2.17. The lowest BCUT2D eigenvalue weighted by atomic mass is 9.95. The Labute approximate surface area is 125 Å². The predicted molar refractivity (Wildman–Crippen MR) is 86.0 cm³/mol. The monoisotopic (exact) mass is 358 g/mol. The van der Waals surface area contributed by atoms with Gasteiger partial charge in [0, 0.05) is 9.99 Å². The maximum Gasteiger partial charge on any atom is 0.119 e. The predicted octanol–water partition coefficient (Wildman–Crippen LogP) is 5.32. The summed E-state index contributed by atoms with van der Waals surface area (Å²) in [5.74, 6) is 0.664. The van der Waals surface area contributed by atoms with Gasteiger partial charge in [-0.15, -0.1) is 0 Å². The van der Waals surface area contributed by atoms with Gasteiger partial charge in [0.05, 0.1) is 0 Å². The lowest BCUT2D eigenvalue weighted by Crippen LogP contribution is -1.93. The van der Waals surface area contributed by atoms with Gasteiger partial charge in [0.25, 0.3) is 0 Å². The molecule has 0 aliphatic rings. The third-order valence-electron chi connectivity index (χ3n) is 3.40. The molecule has 1 rings (SSSR count). The van der Waals surface area contributed by atoms with Gasteiger partial charge in [0.1, 0.15) is 6.29 Å². The van der Waals surface area contributed by atoms with Crippen molar-refractivity contribution >= 4 is 28.9 Å². The summed E-state index contributed by atoms with van der Waals surface area (Å²) in [6.07, 6.45) is 9.17. The summed E-state index contributed by atoms with van der Waals surface area (Å²) in [7, 11) is 0. The molecule has 1 unspecified atom stereocenters. The molecule has 0 aromatic heterocycles. The molecule has 2 heteroatoms. The Morgan fingerprint density at radius 3 is 2.33 bits per heavy atom. The van der Waals surface area contributed by atoms with E-state index in [0.717, 1.165) is 19.1 Å². The Bertz CT molecular complexity index is 331. The molecule has 0 heterocycles. The maximum absolute atomic E-state index is 10.2. The molecule has 100 valence electrons. The first kappa shape index (κ1) is 15.7. The summed E-state index contributed by atoms with van der Waals surface area (Å²) in [6.45, 7) is 2.31. The smallest absolute Gasteiger partial charge is 0.119 e. The molecule has 0 aliphatic carbocycles. The second-order valence-corrected chi connectivity index (χ2v) is 6.21. The lowest BCUT2D eigenvalue weighted by Gasteiger charge is -2.11. The van der Waals surface area contributed by atoms with Gasteiger partial charge in [0.15, 0.2) is 0 Å². The number of carbonyl (C=O) groups excluding carboxylic acids is 1. The van der Waals surface area contributed by atoms with Gasteiger partial charge in [-0.25, -0.2) is 0 Å². The minimum absolute atomic E-state index is 0.664. The molecule has 0 spiro atoms. The average molecular weight is 358 g/mol. The van der Waals surface area contributed by atoms with Crippen LogP contribution in [0.1, 0.15) is 63.4 Å². The first-order chi connectivity index (χ1) is 8.74. The molecule has 1 aromatic rings. The molecule has 1 atom stereocenters. The van der Waals surface area contributed by atoms with E-state index < -0.39 is 0 Å². The van der Waals surface area contributed by atoms with Crippen molar-refractivity contribution in [3.05, 3.63) is 33.4 Å². The van der Waals surface area contributed by atoms with E-state index in [0.29, 0.717) is 5.92 Å². The summed E-state index contributed by atoms with van der Waals surface area (Å²) in [5.41, 5.74) is 1.45. The second-order valence-electron chi connectivity index (χ2n) is 4.96. The van der Waals surface area contributed by atoms with Crippen molar-refractivity contribution in [2.75, 3.05) is 0 Å². The van der Waals surface area contributed by atoms with E-state index in [1.807, 2.05) is 0 Å². The minimum atomic E-state index is 0.664. The molecule has 0 bridgehead atoms. The van der Waals surface area contributed by atoms with Crippen molar-refractivity contribution in [2.45, 2.75) is 57.8 Å². The van der Waals surface area contributed by atoms with Crippen molar-refractivity contribution in [1.82, 2.24) is 0 Å². The number of hydrogen-bond acceptors (Lipinski definition) is 1. The molecule has 0 radical (unpaired) electrons. The van der Waals surface area contributed by atoms with Crippen molar-refractivity contribution in [2.24, 2.45) is 0 Å². The molecule has 0 saturated carbocycles. The van der Waals surface area contributed by atoms with Crippen LogP contribution in [0.25, 0.3) is 0 Å². The van der Waals surface area contributed by atoms with Gasteiger partial charge in [-0.1, -0.05) is 44.7 Å². The van der Waals surface area contributed by atoms with Crippen LogP contribution in [-0.4, -0.2) is 6.29 Å². The molecular weight excluding hydrogens is 335 g/mol. The summed E-state index contributed by atoms with van der Waals surface area (Å²) < 4.78 is 1.30. The molecule has 1 nitrogen and oxygen atoms in total. The van der Waals surface area contributed by atoms with E-state index in [-0.39, 0.29) is 0 Å². The molecule has 0 N–H and O–H groups in total. The third-order valence-corrected chi connectivity index (χ3v) is 4.12. The standard InChI is InChI=1S/C16H23IO/c1-14(15-9-11-16(17)12-10-15)8-6-4-2-3-5-7-13-18/h9-14H,2-8H2,1H3. The van der Waals surface area contributed by atoms with Crippen molar-refractivity contribution < 1.29 is 4.79 Å². The van der Waals surface area contributed by atoms with Crippen LogP contribution in [0.5, 0.6) is 0 Å². The highest BCUT2D eigenvalue weighted by atomic mass is 127. The van der Waals surface area contributed by atoms with Gasteiger partial charge in [0.2, 0.25) is 0 Å². The highest BCUT2D eigenvalue weighted by molar-refractivity contribution is 14.1. The van der Waals surface area contributed by atoms with Crippen LogP contribution in [-0.2, 0) is 4.79 Å². The van der Waals surface area contributed by atoms with Crippen LogP contribution in [0.2, 0.25) is 0 Å². The molecule has 0 amide bonds. The van der Waals surface area contributed by atoms with Gasteiger partial charge in [-0.3, -0.25) is 0 Å². The lowest BCUT2D eigenvalue weighted by molar-refractivity contribution is -0.107. The van der Waals surface area contributed by atoms with Crippen LogP contribution < -0.4 is 0 Å². The highest BCUT2D eigenvalue weighted by Gasteiger charge is 2.04. The van der Waals surface area contributed by atoms with Crippen molar-refractivity contribution in [1.29, 1.82) is 0 Å². The number of halogens is 1. The quantitative estimate of drug-likeness (QED) is 0.332. The topological polar surface area (TPSA) is 17.1 Å². The largest absolute Gasteiger partial charge is 0.303 e. The third kappa shape index (κ3) is 6.53. The van der Waals surface area contributed by atoms with Crippen LogP contribution in [0.3, 0.4) is 0 Å². The Balaban J connectivity index is 2.11. The van der Waals surface area contributed by atoms with Gasteiger partial charge in [-0.05, 0) is 59.0 Å². The van der Waals surface area contributed by atoms with E-state index >= 15 is 0 Å². The molecule has 0 aliphatic heterocycles. The number of benzene rings is 1. The fraction of sp³-hybridized carbons (Fsp3) is 0.562. The summed E-state index contributed by atoms with van der Waals surface area (Å²) in [6, 6.07) is 8.87. The Morgan fingerprint density at radius 2 is 1.67 bits per heavy atom. The normalized spacial score (nSPS) is 12.3. The number of hydrogen-bond donors (Lipinski definition) is 0. The SMILES string of the molecule is CC(CCCCCCCC=O)c1ccc(I)cc1. The summed E-state index contributed by atoms with van der Waals surface area (Å²) >= 11 is 2.35. The van der Waals surface area contributed by atoms with Crippen LogP contribution in [0, 0.1) is 3.57 Å². The van der Waals surface area contributed by atoms with E-state index in [4.69, 9.17) is 0 Å². The molecular formula is C16H23IO. The number of carbonyl (C=O) groups is 1. The molecule has 0 saturated heterocycles. The van der Waals surface area contributed by atoms with E-state index in [1.165, 1.54) is 41.2 Å². The second kappa shape index (κ2) is 9.54. The zero-order valence-electron chi connectivity index (χ0n) is 11.2. The van der Waals surface area contributed by atoms with Gasteiger partial charge < -0.3 is 4.79 Å². The van der Waals surface area contributed by atoms with E-state index in [9.17, 15) is 4.79 Å². The molecule has 1 aromatic carbocycles. The summed E-state index contributed by atoms with van der Waals surface area (Å²) in [5, 5.41) is 0. The zero-order chi connectivity index (χ0) is 13.2. The highest BCUT2D eigenvalue weighted by Crippen LogP contribution is 2.22. The summed E-state index contributed by atoms with van der Waals surface area (Å²) in [4.78, 5) is 10.2. The minimum Gasteiger partial charge on any atom is -0.303 e. The fourth-order valence-corrected chi connectivity index (χ4v) is 2.53. The van der Waals surface area contributed by atoms with Crippen molar-refractivity contribution in [3.8, 4) is 0 Å². The first-order valence-electron chi connectivity index (χ1n) is 6.93. The Morgan fingerprint density at radius 1 is 1.06 bits per heavy atom. The molecule has 0 fully saturated rings. The Hall–Kier alpha value is -0.380. The first-order valence-corrected chi connectivity index (χ1v) is 8.01. The van der Waals surface area contributed by atoms with Crippen molar-refractivity contribution in [3.63, 3.8) is 0 Å². The van der Waals surface area contributed by atoms with Gasteiger partial charge in [-0.2, -0.15) is 0 Å². The number of rotatable bonds is 9. The maximum atomic E-state index is 10.2. The van der Waals surface area contributed by atoms with E-state index in [1.54, 1.807) is 0 Å². The van der Waals surface area contributed by atoms with Gasteiger partial charge >= 0.3 is 0 Å². The molecule has 18 heavy (non-hydrogen) atoms. The van der Waals surface area contributed by atoms with Crippen LogP contribution in [0.4, 0.5) is 0 Å². The number of unbranched alkanes of at least 4 members (excludes halogenated alkanes) is 5. The average Bonchev–Trinajstić information content (AvgIpc) is 2.38. The van der Waals surface area contributed by atoms with Crippen LogP contribution >= 0.6 is 22.6 Å². The zero-order valence-corrected chi connectivity index (χ0v) is 13.4. The van der Waals surface area contributed by atoms with E-state index in [2.05, 4.69) is 53.8 Å².